The van der Waals surface area contributed by atoms with Gasteiger partial charge in [0, 0.05) is 0 Å². The first-order chi connectivity index (χ1) is 12.7. The van der Waals surface area contributed by atoms with Gasteiger partial charge in [-0.15, -0.1) is 5.10 Å². The lowest BCUT2D eigenvalue weighted by Crippen LogP contribution is -2.19. The average Bonchev–Trinajstić information content (AvgIpc) is 3.06. The van der Waals surface area contributed by atoms with Crippen LogP contribution in [0.4, 0.5) is 0 Å². The number of nitrogens with zero attached hydrogens (tertiary/aromatic N) is 2. The zero-order valence-corrected chi connectivity index (χ0v) is 15.4. The van der Waals surface area contributed by atoms with Crippen molar-refractivity contribution in [2.24, 2.45) is 10.2 Å². The fraction of sp³-hybridized carbons (Fsp3) is 0.211. The number of carbonyl (C=O) groups excluding carboxylic acids is 1. The maximum atomic E-state index is 11.1. The molecule has 0 aromatic heterocycles. The number of amidine groups is 1. The molecule has 0 unspecified atom stereocenters. The standard InChI is InChI=1S/C19H19N3O3S/c1-13-5-3-4-6-15(13)11-25-17-9-14(7-8-16(17)24-2)10-20-22-19-21-18(23)12-26-19/h3-10H,11-12H2,1-2H3,(H,21,22,23). The molecule has 26 heavy (non-hydrogen) atoms. The summed E-state index contributed by atoms with van der Waals surface area (Å²) in [7, 11) is 1.61. The molecule has 0 saturated carbocycles. The number of aryl methyl sites for hydroxylation is 1. The minimum Gasteiger partial charge on any atom is -0.493 e. The minimum absolute atomic E-state index is 0.0553. The zero-order chi connectivity index (χ0) is 18.4. The van der Waals surface area contributed by atoms with Gasteiger partial charge in [-0.25, -0.2) is 0 Å². The molecule has 0 radical (unpaired) electrons. The van der Waals surface area contributed by atoms with Gasteiger partial charge in [0.15, 0.2) is 16.7 Å². The molecular weight excluding hydrogens is 350 g/mol. The number of ether oxygens (including phenoxy) is 2. The topological polar surface area (TPSA) is 72.3 Å². The van der Waals surface area contributed by atoms with Crippen LogP contribution in [0.3, 0.4) is 0 Å². The predicted octanol–water partition coefficient (Wildman–Crippen LogP) is 3.14. The van der Waals surface area contributed by atoms with E-state index in [0.717, 1.165) is 11.1 Å². The van der Waals surface area contributed by atoms with Gasteiger partial charge in [-0.05, 0) is 41.8 Å². The van der Waals surface area contributed by atoms with Gasteiger partial charge in [0.2, 0.25) is 5.91 Å². The van der Waals surface area contributed by atoms with Crippen molar-refractivity contribution in [3.05, 3.63) is 59.2 Å². The smallest absolute Gasteiger partial charge is 0.236 e. The molecule has 1 amide bonds. The molecule has 7 heteroatoms. The Morgan fingerprint density at radius 3 is 2.81 bits per heavy atom. The van der Waals surface area contributed by atoms with Crippen LogP contribution in [-0.4, -0.2) is 30.2 Å². The number of thioether (sulfide) groups is 1. The maximum Gasteiger partial charge on any atom is 0.236 e. The molecule has 0 atom stereocenters. The van der Waals surface area contributed by atoms with Crippen LogP contribution < -0.4 is 14.8 Å². The number of benzene rings is 2. The van der Waals surface area contributed by atoms with E-state index in [9.17, 15) is 4.79 Å². The number of nitrogens with one attached hydrogen (secondary N) is 1. The highest BCUT2D eigenvalue weighted by molar-refractivity contribution is 8.15. The highest BCUT2D eigenvalue weighted by atomic mass is 32.2. The van der Waals surface area contributed by atoms with E-state index >= 15 is 0 Å². The summed E-state index contributed by atoms with van der Waals surface area (Å²) in [6.07, 6.45) is 1.61. The van der Waals surface area contributed by atoms with Crippen molar-refractivity contribution in [3.63, 3.8) is 0 Å². The van der Waals surface area contributed by atoms with E-state index in [4.69, 9.17) is 9.47 Å². The van der Waals surface area contributed by atoms with Crippen molar-refractivity contribution < 1.29 is 14.3 Å². The second-order valence-corrected chi connectivity index (χ2v) is 6.58. The number of carbonyl (C=O) groups is 1. The SMILES string of the molecule is COc1ccc(C=NN=C2NC(=O)CS2)cc1OCc1ccccc1C. The van der Waals surface area contributed by atoms with Gasteiger partial charge in [0.25, 0.3) is 0 Å². The molecule has 1 fully saturated rings. The van der Waals surface area contributed by atoms with Crippen LogP contribution in [0, 0.1) is 6.92 Å². The van der Waals surface area contributed by atoms with Crippen molar-refractivity contribution in [2.45, 2.75) is 13.5 Å². The molecule has 3 rings (SSSR count). The highest BCUT2D eigenvalue weighted by Crippen LogP contribution is 2.28. The van der Waals surface area contributed by atoms with E-state index in [2.05, 4.69) is 28.5 Å². The Kier molecular flexibility index (Phi) is 5.91. The minimum atomic E-state index is -0.0553. The van der Waals surface area contributed by atoms with E-state index in [1.807, 2.05) is 36.4 Å². The Balaban J connectivity index is 1.72. The summed E-state index contributed by atoms with van der Waals surface area (Å²) in [4.78, 5) is 11.1. The van der Waals surface area contributed by atoms with Crippen molar-refractivity contribution in [1.82, 2.24) is 5.32 Å². The summed E-state index contributed by atoms with van der Waals surface area (Å²) in [6.45, 7) is 2.51. The van der Waals surface area contributed by atoms with Crippen LogP contribution >= 0.6 is 11.8 Å². The third-order valence-electron chi connectivity index (χ3n) is 3.77. The number of amides is 1. The molecule has 1 N–H and O–H groups in total. The fourth-order valence-corrected chi connectivity index (χ4v) is 2.97. The summed E-state index contributed by atoms with van der Waals surface area (Å²) in [5.74, 6) is 1.62. The molecule has 6 nitrogen and oxygen atoms in total. The average molecular weight is 369 g/mol. The third-order valence-corrected chi connectivity index (χ3v) is 4.64. The van der Waals surface area contributed by atoms with E-state index in [-0.39, 0.29) is 5.91 Å². The third kappa shape index (κ3) is 4.64. The molecule has 1 aliphatic heterocycles. The first kappa shape index (κ1) is 18.0. The van der Waals surface area contributed by atoms with Crippen LogP contribution in [-0.2, 0) is 11.4 Å². The molecule has 1 saturated heterocycles. The van der Waals surface area contributed by atoms with Gasteiger partial charge in [-0.3, -0.25) is 4.79 Å². The van der Waals surface area contributed by atoms with Crippen molar-refractivity contribution in [3.8, 4) is 11.5 Å². The Hall–Kier alpha value is -2.80. The molecule has 0 bridgehead atoms. The Morgan fingerprint density at radius 2 is 2.08 bits per heavy atom. The Bertz CT molecular complexity index is 865. The second kappa shape index (κ2) is 8.53. The predicted molar refractivity (Wildman–Crippen MR) is 104 cm³/mol. The van der Waals surface area contributed by atoms with Crippen LogP contribution in [0.2, 0.25) is 0 Å². The number of methoxy groups -OCH3 is 1. The lowest BCUT2D eigenvalue weighted by molar-refractivity contribution is -0.116. The summed E-state index contributed by atoms with van der Waals surface area (Å²) in [5.41, 5.74) is 3.12. The van der Waals surface area contributed by atoms with Gasteiger partial charge >= 0.3 is 0 Å². The van der Waals surface area contributed by atoms with Gasteiger partial charge < -0.3 is 14.8 Å². The van der Waals surface area contributed by atoms with Crippen molar-refractivity contribution in [1.29, 1.82) is 0 Å². The first-order valence-electron chi connectivity index (χ1n) is 8.05. The van der Waals surface area contributed by atoms with Gasteiger partial charge in [-0.1, -0.05) is 36.0 Å². The monoisotopic (exact) mass is 369 g/mol. The summed E-state index contributed by atoms with van der Waals surface area (Å²) < 4.78 is 11.3. The zero-order valence-electron chi connectivity index (χ0n) is 14.6. The number of hydrogen-bond acceptors (Lipinski definition) is 6. The van der Waals surface area contributed by atoms with E-state index in [1.165, 1.54) is 17.3 Å². The highest BCUT2D eigenvalue weighted by Gasteiger charge is 2.16. The normalized spacial score (nSPS) is 15.5. The van der Waals surface area contributed by atoms with Gasteiger partial charge in [0.1, 0.15) is 6.61 Å². The largest absolute Gasteiger partial charge is 0.493 e. The van der Waals surface area contributed by atoms with Gasteiger partial charge in [0.05, 0.1) is 19.1 Å². The summed E-state index contributed by atoms with van der Waals surface area (Å²) in [6, 6.07) is 13.6. The van der Waals surface area contributed by atoms with E-state index in [1.54, 1.807) is 13.3 Å². The van der Waals surface area contributed by atoms with Crippen LogP contribution in [0.15, 0.2) is 52.7 Å². The number of rotatable bonds is 6. The molecular formula is C19H19N3O3S. The summed E-state index contributed by atoms with van der Waals surface area (Å²) in [5, 5.41) is 11.1. The molecule has 0 spiro atoms. The summed E-state index contributed by atoms with van der Waals surface area (Å²) >= 11 is 1.33. The number of hydrogen-bond donors (Lipinski definition) is 1. The van der Waals surface area contributed by atoms with E-state index < -0.39 is 0 Å². The van der Waals surface area contributed by atoms with Crippen LogP contribution in [0.1, 0.15) is 16.7 Å². The van der Waals surface area contributed by atoms with E-state index in [0.29, 0.717) is 29.0 Å². The Morgan fingerprint density at radius 1 is 1.23 bits per heavy atom. The molecule has 2 aromatic carbocycles. The fourth-order valence-electron chi connectivity index (χ4n) is 2.34. The lowest BCUT2D eigenvalue weighted by Gasteiger charge is -2.12. The Labute approximate surface area is 156 Å². The lowest BCUT2D eigenvalue weighted by atomic mass is 10.1. The van der Waals surface area contributed by atoms with Crippen molar-refractivity contribution >= 4 is 29.1 Å². The second-order valence-electron chi connectivity index (χ2n) is 5.61. The van der Waals surface area contributed by atoms with Crippen molar-refractivity contribution in [2.75, 3.05) is 12.9 Å². The quantitative estimate of drug-likeness (QED) is 0.627. The molecule has 134 valence electrons. The molecule has 1 heterocycles. The van der Waals surface area contributed by atoms with Crippen LogP contribution in [0.25, 0.3) is 0 Å². The maximum absolute atomic E-state index is 11.1. The van der Waals surface area contributed by atoms with Crippen LogP contribution in [0.5, 0.6) is 11.5 Å². The molecule has 2 aromatic rings. The molecule has 0 aliphatic carbocycles. The molecule has 1 aliphatic rings. The van der Waals surface area contributed by atoms with Gasteiger partial charge in [-0.2, -0.15) is 5.10 Å². The first-order valence-corrected chi connectivity index (χ1v) is 9.03.